The lowest BCUT2D eigenvalue weighted by molar-refractivity contribution is 0.119. The van der Waals surface area contributed by atoms with Crippen molar-refractivity contribution in [2.24, 2.45) is 5.14 Å². The van der Waals surface area contributed by atoms with Gasteiger partial charge in [-0.1, -0.05) is 48.4 Å². The number of ether oxygens (including phenoxy) is 1. The molecule has 0 heterocycles. The number of hydrogen-bond acceptors (Lipinski definition) is 3. The third kappa shape index (κ3) is 4.08. The first kappa shape index (κ1) is 12.3. The fourth-order valence-corrected chi connectivity index (χ4v) is 1.46. The first-order chi connectivity index (χ1) is 7.27. The number of hydrogen-bond donors (Lipinski definition) is 1. The average molecular weight is 223 g/mol. The highest BCUT2D eigenvalue weighted by Crippen LogP contribution is 2.16. The van der Waals surface area contributed by atoms with Crippen molar-refractivity contribution in [2.45, 2.75) is 13.0 Å². The Bertz CT molecular complexity index is 308. The Kier molecular flexibility index (Phi) is 5.47. The van der Waals surface area contributed by atoms with Gasteiger partial charge in [0.05, 0.1) is 6.10 Å². The minimum atomic E-state index is 0.155. The van der Waals surface area contributed by atoms with E-state index in [1.807, 2.05) is 6.92 Å². The standard InChI is InChI=1S/C12H17NOS/c1-10(14-2)12-7-5-11(6-8-12)4-3-9-15-13/h3-8,10H,9,13H2,1-2H3/b4-3+. The highest BCUT2D eigenvalue weighted by molar-refractivity contribution is 7.97. The van der Waals surface area contributed by atoms with Crippen molar-refractivity contribution in [1.82, 2.24) is 0 Å². The minimum absolute atomic E-state index is 0.155. The van der Waals surface area contributed by atoms with Gasteiger partial charge >= 0.3 is 0 Å². The summed E-state index contributed by atoms with van der Waals surface area (Å²) in [6, 6.07) is 8.35. The zero-order valence-electron chi connectivity index (χ0n) is 9.14. The van der Waals surface area contributed by atoms with Gasteiger partial charge < -0.3 is 4.74 Å². The van der Waals surface area contributed by atoms with E-state index in [2.05, 4.69) is 36.4 Å². The molecule has 0 aliphatic rings. The molecule has 0 spiro atoms. The van der Waals surface area contributed by atoms with Crippen LogP contribution in [0.3, 0.4) is 0 Å². The quantitative estimate of drug-likeness (QED) is 0.779. The van der Waals surface area contributed by atoms with Crippen molar-refractivity contribution in [3.05, 3.63) is 41.5 Å². The summed E-state index contributed by atoms with van der Waals surface area (Å²) >= 11 is 1.33. The minimum Gasteiger partial charge on any atom is -0.377 e. The molecule has 0 saturated heterocycles. The SMILES string of the molecule is COC(C)c1ccc(/C=C/CSN)cc1. The van der Waals surface area contributed by atoms with Gasteiger partial charge in [0.2, 0.25) is 0 Å². The first-order valence-electron chi connectivity index (χ1n) is 4.89. The second-order valence-electron chi connectivity index (χ2n) is 3.28. The van der Waals surface area contributed by atoms with Crippen LogP contribution >= 0.6 is 11.9 Å². The Balaban J connectivity index is 2.64. The zero-order chi connectivity index (χ0) is 11.1. The summed E-state index contributed by atoms with van der Waals surface area (Å²) in [6.07, 6.45) is 4.28. The molecule has 1 aromatic carbocycles. The number of rotatable bonds is 5. The highest BCUT2D eigenvalue weighted by Gasteiger charge is 2.01. The van der Waals surface area contributed by atoms with E-state index >= 15 is 0 Å². The maximum absolute atomic E-state index is 5.32. The Labute approximate surface area is 95.6 Å². The van der Waals surface area contributed by atoms with Crippen LogP contribution in [0.2, 0.25) is 0 Å². The lowest BCUT2D eigenvalue weighted by Gasteiger charge is -2.09. The van der Waals surface area contributed by atoms with Gasteiger partial charge in [-0.3, -0.25) is 5.14 Å². The predicted octanol–water partition coefficient (Wildman–Crippen LogP) is 3.01. The van der Waals surface area contributed by atoms with Crippen LogP contribution in [0.1, 0.15) is 24.2 Å². The molecule has 2 nitrogen and oxygen atoms in total. The Morgan fingerprint density at radius 1 is 1.40 bits per heavy atom. The van der Waals surface area contributed by atoms with E-state index in [0.29, 0.717) is 0 Å². The molecule has 0 bridgehead atoms. The summed E-state index contributed by atoms with van der Waals surface area (Å²) < 4.78 is 5.24. The van der Waals surface area contributed by atoms with E-state index in [1.54, 1.807) is 7.11 Å². The molecule has 1 aromatic rings. The average Bonchev–Trinajstić information content (AvgIpc) is 2.29. The van der Waals surface area contributed by atoms with Gasteiger partial charge in [-0.2, -0.15) is 0 Å². The largest absolute Gasteiger partial charge is 0.377 e. The Hall–Kier alpha value is -0.770. The molecule has 2 N–H and O–H groups in total. The molecule has 1 unspecified atom stereocenters. The van der Waals surface area contributed by atoms with Crippen molar-refractivity contribution in [2.75, 3.05) is 12.9 Å². The van der Waals surface area contributed by atoms with E-state index < -0.39 is 0 Å². The second-order valence-corrected chi connectivity index (χ2v) is 3.95. The van der Waals surface area contributed by atoms with Crippen molar-refractivity contribution >= 4 is 18.0 Å². The van der Waals surface area contributed by atoms with Crippen LogP contribution in [0, 0.1) is 0 Å². The Morgan fingerprint density at radius 3 is 2.60 bits per heavy atom. The summed E-state index contributed by atoms with van der Waals surface area (Å²) in [4.78, 5) is 0. The molecule has 0 aromatic heterocycles. The second kappa shape index (κ2) is 6.67. The topological polar surface area (TPSA) is 35.2 Å². The molecular weight excluding hydrogens is 206 g/mol. The molecule has 0 aliphatic heterocycles. The van der Waals surface area contributed by atoms with Crippen molar-refractivity contribution in [1.29, 1.82) is 0 Å². The van der Waals surface area contributed by atoms with Gasteiger partial charge in [-0.05, 0) is 18.1 Å². The molecule has 0 radical (unpaired) electrons. The lowest BCUT2D eigenvalue weighted by Crippen LogP contribution is -1.94. The predicted molar refractivity (Wildman–Crippen MR) is 67.5 cm³/mol. The molecule has 0 aliphatic carbocycles. The number of benzene rings is 1. The molecular formula is C12H17NOS. The van der Waals surface area contributed by atoms with E-state index in [0.717, 1.165) is 5.75 Å². The Morgan fingerprint density at radius 2 is 2.07 bits per heavy atom. The third-order valence-electron chi connectivity index (χ3n) is 2.26. The van der Waals surface area contributed by atoms with Crippen LogP contribution in [0.4, 0.5) is 0 Å². The van der Waals surface area contributed by atoms with Gasteiger partial charge in [0.25, 0.3) is 0 Å². The summed E-state index contributed by atoms with van der Waals surface area (Å²) in [5, 5.41) is 5.32. The van der Waals surface area contributed by atoms with Crippen LogP contribution in [-0.2, 0) is 4.74 Å². The van der Waals surface area contributed by atoms with Crippen LogP contribution in [-0.4, -0.2) is 12.9 Å². The van der Waals surface area contributed by atoms with Gasteiger partial charge in [0, 0.05) is 12.9 Å². The van der Waals surface area contributed by atoms with Crippen LogP contribution < -0.4 is 5.14 Å². The highest BCUT2D eigenvalue weighted by atomic mass is 32.2. The number of methoxy groups -OCH3 is 1. The summed E-state index contributed by atoms with van der Waals surface area (Å²) in [6.45, 7) is 2.04. The third-order valence-corrected chi connectivity index (χ3v) is 2.65. The zero-order valence-corrected chi connectivity index (χ0v) is 9.96. The lowest BCUT2D eigenvalue weighted by atomic mass is 10.1. The fourth-order valence-electron chi connectivity index (χ4n) is 1.25. The van der Waals surface area contributed by atoms with Crippen LogP contribution in [0.5, 0.6) is 0 Å². The summed E-state index contributed by atoms with van der Waals surface area (Å²) in [5.41, 5.74) is 2.39. The van der Waals surface area contributed by atoms with Gasteiger partial charge in [0.1, 0.15) is 0 Å². The van der Waals surface area contributed by atoms with Gasteiger partial charge in [-0.15, -0.1) is 0 Å². The fraction of sp³-hybridized carbons (Fsp3) is 0.333. The van der Waals surface area contributed by atoms with E-state index in [1.165, 1.54) is 23.1 Å². The first-order valence-corrected chi connectivity index (χ1v) is 5.93. The summed E-state index contributed by atoms with van der Waals surface area (Å²) in [7, 11) is 1.72. The van der Waals surface area contributed by atoms with Crippen molar-refractivity contribution in [3.8, 4) is 0 Å². The van der Waals surface area contributed by atoms with Gasteiger partial charge in [-0.25, -0.2) is 0 Å². The molecule has 3 heteroatoms. The molecule has 0 amide bonds. The summed E-state index contributed by atoms with van der Waals surface area (Å²) in [5.74, 6) is 0.843. The molecule has 0 saturated carbocycles. The van der Waals surface area contributed by atoms with E-state index in [-0.39, 0.29) is 6.10 Å². The van der Waals surface area contributed by atoms with Crippen LogP contribution in [0.15, 0.2) is 30.3 Å². The normalized spacial score (nSPS) is 13.3. The smallest absolute Gasteiger partial charge is 0.0793 e. The maximum Gasteiger partial charge on any atom is 0.0793 e. The van der Waals surface area contributed by atoms with Gasteiger partial charge in [0.15, 0.2) is 0 Å². The van der Waals surface area contributed by atoms with Crippen molar-refractivity contribution in [3.63, 3.8) is 0 Å². The molecule has 1 atom stereocenters. The number of nitrogens with two attached hydrogens (primary N) is 1. The molecule has 0 fully saturated rings. The monoisotopic (exact) mass is 223 g/mol. The molecule has 15 heavy (non-hydrogen) atoms. The molecule has 82 valence electrons. The van der Waals surface area contributed by atoms with Crippen molar-refractivity contribution < 1.29 is 4.74 Å². The maximum atomic E-state index is 5.32. The van der Waals surface area contributed by atoms with E-state index in [4.69, 9.17) is 9.88 Å². The van der Waals surface area contributed by atoms with E-state index in [9.17, 15) is 0 Å². The van der Waals surface area contributed by atoms with Crippen LogP contribution in [0.25, 0.3) is 6.08 Å². The molecule has 1 rings (SSSR count).